The average molecular weight is 215 g/mol. The Kier molecular flexibility index (Phi) is 3.47. The third-order valence-electron chi connectivity index (χ3n) is 2.69. The molecule has 1 aromatic carbocycles. The molecular formula is C13H17N3. The first kappa shape index (κ1) is 11.0. The molecule has 0 aliphatic carbocycles. The van der Waals surface area contributed by atoms with Crippen LogP contribution in [0.25, 0.3) is 11.0 Å². The minimum absolute atomic E-state index is 0.367. The zero-order chi connectivity index (χ0) is 11.4. The molecule has 1 unspecified atom stereocenters. The molecule has 2 aromatic rings. The van der Waals surface area contributed by atoms with Gasteiger partial charge in [0.05, 0.1) is 11.0 Å². The highest BCUT2D eigenvalue weighted by Crippen LogP contribution is 2.17. The summed E-state index contributed by atoms with van der Waals surface area (Å²) in [5.74, 6) is 0. The Balaban J connectivity index is 2.25. The molecule has 84 valence electrons. The monoisotopic (exact) mass is 215 g/mol. The minimum atomic E-state index is 0.367. The fraction of sp³-hybridized carbons (Fsp3) is 0.385. The highest BCUT2D eigenvalue weighted by Gasteiger charge is 2.05. The average Bonchev–Trinajstić information content (AvgIpc) is 2.35. The van der Waals surface area contributed by atoms with Gasteiger partial charge in [0.2, 0.25) is 0 Å². The van der Waals surface area contributed by atoms with Gasteiger partial charge in [-0.3, -0.25) is 9.97 Å². The van der Waals surface area contributed by atoms with Gasteiger partial charge in [0, 0.05) is 18.4 Å². The minimum Gasteiger partial charge on any atom is -0.310 e. The quantitative estimate of drug-likeness (QED) is 0.852. The van der Waals surface area contributed by atoms with Crippen molar-refractivity contribution in [2.75, 3.05) is 6.54 Å². The van der Waals surface area contributed by atoms with E-state index in [0.29, 0.717) is 6.04 Å². The molecule has 0 spiro atoms. The van der Waals surface area contributed by atoms with Crippen LogP contribution < -0.4 is 5.32 Å². The van der Waals surface area contributed by atoms with Gasteiger partial charge < -0.3 is 5.32 Å². The van der Waals surface area contributed by atoms with Crippen LogP contribution in [0.1, 0.15) is 31.9 Å². The number of nitrogens with zero attached hydrogens (tertiary/aromatic N) is 2. The van der Waals surface area contributed by atoms with Crippen molar-refractivity contribution in [2.24, 2.45) is 0 Å². The van der Waals surface area contributed by atoms with Gasteiger partial charge in [0.1, 0.15) is 0 Å². The van der Waals surface area contributed by atoms with Crippen LogP contribution in [0.15, 0.2) is 30.6 Å². The van der Waals surface area contributed by atoms with Crippen LogP contribution in [0.5, 0.6) is 0 Å². The van der Waals surface area contributed by atoms with E-state index in [4.69, 9.17) is 0 Å². The Hall–Kier alpha value is -1.48. The van der Waals surface area contributed by atoms with Crippen LogP contribution in [0.3, 0.4) is 0 Å². The number of rotatable bonds is 4. The molecule has 3 heteroatoms. The van der Waals surface area contributed by atoms with Crippen LogP contribution in [0.4, 0.5) is 0 Å². The number of hydrogen-bond donors (Lipinski definition) is 1. The predicted molar refractivity (Wildman–Crippen MR) is 66.2 cm³/mol. The van der Waals surface area contributed by atoms with Crippen LogP contribution in [0, 0.1) is 0 Å². The van der Waals surface area contributed by atoms with E-state index < -0.39 is 0 Å². The molecule has 0 amide bonds. The van der Waals surface area contributed by atoms with Crippen LogP contribution in [0.2, 0.25) is 0 Å². The molecule has 0 saturated heterocycles. The second-order valence-electron chi connectivity index (χ2n) is 3.98. The highest BCUT2D eigenvalue weighted by atomic mass is 14.9. The van der Waals surface area contributed by atoms with Crippen molar-refractivity contribution in [2.45, 2.75) is 26.3 Å². The zero-order valence-corrected chi connectivity index (χ0v) is 9.77. The Labute approximate surface area is 95.9 Å². The van der Waals surface area contributed by atoms with Gasteiger partial charge in [0.25, 0.3) is 0 Å². The fourth-order valence-corrected chi connectivity index (χ4v) is 1.73. The molecule has 0 radical (unpaired) electrons. The smallest absolute Gasteiger partial charge is 0.0890 e. The predicted octanol–water partition coefficient (Wildman–Crippen LogP) is 2.69. The number of hydrogen-bond acceptors (Lipinski definition) is 3. The lowest BCUT2D eigenvalue weighted by molar-refractivity contribution is 0.571. The summed E-state index contributed by atoms with van der Waals surface area (Å²) >= 11 is 0. The molecule has 0 bridgehead atoms. The van der Waals surface area contributed by atoms with Gasteiger partial charge in [-0.2, -0.15) is 0 Å². The van der Waals surface area contributed by atoms with Crippen molar-refractivity contribution < 1.29 is 0 Å². The van der Waals surface area contributed by atoms with Gasteiger partial charge in [-0.15, -0.1) is 0 Å². The van der Waals surface area contributed by atoms with E-state index >= 15 is 0 Å². The first-order chi connectivity index (χ1) is 7.81. The van der Waals surface area contributed by atoms with E-state index in [1.54, 1.807) is 12.4 Å². The molecule has 1 atom stereocenters. The summed E-state index contributed by atoms with van der Waals surface area (Å²) in [5.41, 5.74) is 3.18. The van der Waals surface area contributed by atoms with E-state index in [2.05, 4.69) is 41.3 Å². The fourth-order valence-electron chi connectivity index (χ4n) is 1.73. The number of benzene rings is 1. The third kappa shape index (κ3) is 2.36. The summed E-state index contributed by atoms with van der Waals surface area (Å²) in [6.45, 7) is 5.39. The Morgan fingerprint density at radius 3 is 2.69 bits per heavy atom. The standard InChI is InChI=1S/C13H17N3/c1-3-6-14-10(2)11-4-5-12-13(9-11)16-8-7-15-12/h4-5,7-10,14H,3,6H2,1-2H3. The van der Waals surface area contributed by atoms with Crippen molar-refractivity contribution in [3.8, 4) is 0 Å². The zero-order valence-electron chi connectivity index (χ0n) is 9.77. The maximum absolute atomic E-state index is 4.31. The molecule has 0 aliphatic rings. The van der Waals surface area contributed by atoms with E-state index in [9.17, 15) is 0 Å². The molecular weight excluding hydrogens is 198 g/mol. The largest absolute Gasteiger partial charge is 0.310 e. The van der Waals surface area contributed by atoms with Gasteiger partial charge >= 0.3 is 0 Å². The Bertz CT molecular complexity index is 467. The molecule has 3 nitrogen and oxygen atoms in total. The first-order valence-electron chi connectivity index (χ1n) is 5.75. The van der Waals surface area contributed by atoms with Crippen molar-refractivity contribution in [1.29, 1.82) is 0 Å². The van der Waals surface area contributed by atoms with Gasteiger partial charge in [0.15, 0.2) is 0 Å². The second kappa shape index (κ2) is 5.03. The summed E-state index contributed by atoms with van der Waals surface area (Å²) in [6.07, 6.45) is 4.61. The van der Waals surface area contributed by atoms with Crippen molar-refractivity contribution in [3.63, 3.8) is 0 Å². The molecule has 0 fully saturated rings. The van der Waals surface area contributed by atoms with Crippen LogP contribution in [-0.4, -0.2) is 16.5 Å². The Morgan fingerprint density at radius 2 is 1.94 bits per heavy atom. The second-order valence-corrected chi connectivity index (χ2v) is 3.98. The van der Waals surface area contributed by atoms with Gasteiger partial charge in [-0.1, -0.05) is 13.0 Å². The lowest BCUT2D eigenvalue weighted by Gasteiger charge is -2.13. The van der Waals surface area contributed by atoms with E-state index in [0.717, 1.165) is 24.0 Å². The lowest BCUT2D eigenvalue weighted by atomic mass is 10.1. The van der Waals surface area contributed by atoms with Crippen molar-refractivity contribution in [1.82, 2.24) is 15.3 Å². The van der Waals surface area contributed by atoms with Crippen LogP contribution in [-0.2, 0) is 0 Å². The van der Waals surface area contributed by atoms with E-state index in [-0.39, 0.29) is 0 Å². The Morgan fingerprint density at radius 1 is 1.19 bits per heavy atom. The maximum Gasteiger partial charge on any atom is 0.0890 e. The summed E-state index contributed by atoms with van der Waals surface area (Å²) < 4.78 is 0. The van der Waals surface area contributed by atoms with E-state index in [1.807, 2.05) is 6.07 Å². The first-order valence-corrected chi connectivity index (χ1v) is 5.75. The van der Waals surface area contributed by atoms with Crippen molar-refractivity contribution in [3.05, 3.63) is 36.2 Å². The van der Waals surface area contributed by atoms with Crippen LogP contribution >= 0.6 is 0 Å². The summed E-state index contributed by atoms with van der Waals surface area (Å²) in [7, 11) is 0. The highest BCUT2D eigenvalue weighted by molar-refractivity contribution is 5.74. The van der Waals surface area contributed by atoms with Gasteiger partial charge in [-0.05, 0) is 37.6 Å². The summed E-state index contributed by atoms with van der Waals surface area (Å²) in [6, 6.07) is 6.62. The number of nitrogens with one attached hydrogen (secondary N) is 1. The number of fused-ring (bicyclic) bond motifs is 1. The molecule has 2 rings (SSSR count). The van der Waals surface area contributed by atoms with E-state index in [1.165, 1.54) is 5.56 Å². The molecule has 0 aliphatic heterocycles. The summed E-state index contributed by atoms with van der Waals surface area (Å²) in [5, 5.41) is 3.47. The number of aromatic nitrogens is 2. The lowest BCUT2D eigenvalue weighted by Crippen LogP contribution is -2.19. The molecule has 1 aromatic heterocycles. The SMILES string of the molecule is CCCNC(C)c1ccc2nccnc2c1. The normalized spacial score (nSPS) is 12.9. The molecule has 1 heterocycles. The molecule has 16 heavy (non-hydrogen) atoms. The molecule has 0 saturated carbocycles. The summed E-state index contributed by atoms with van der Waals surface area (Å²) in [4.78, 5) is 8.58. The topological polar surface area (TPSA) is 37.8 Å². The maximum atomic E-state index is 4.31. The van der Waals surface area contributed by atoms with Crippen molar-refractivity contribution >= 4 is 11.0 Å². The molecule has 1 N–H and O–H groups in total. The third-order valence-corrected chi connectivity index (χ3v) is 2.69. The van der Waals surface area contributed by atoms with Gasteiger partial charge in [-0.25, -0.2) is 0 Å².